The van der Waals surface area contributed by atoms with Crippen LogP contribution in [0.2, 0.25) is 10.0 Å². The molecule has 0 spiro atoms. The average Bonchev–Trinajstić information content (AvgIpc) is 2.44. The van der Waals surface area contributed by atoms with Crippen molar-refractivity contribution in [2.24, 2.45) is 0 Å². The van der Waals surface area contributed by atoms with Gasteiger partial charge in [-0.1, -0.05) is 23.2 Å². The van der Waals surface area contributed by atoms with Crippen molar-refractivity contribution in [1.29, 1.82) is 0 Å². The Labute approximate surface area is 131 Å². The maximum atomic E-state index is 11.8. The number of hydrogen-bond donors (Lipinski definition) is 2. The number of carbonyl (C=O) groups is 1. The highest BCUT2D eigenvalue weighted by atomic mass is 35.5. The van der Waals surface area contributed by atoms with Gasteiger partial charge in [0.25, 0.3) is 5.91 Å². The molecule has 0 saturated heterocycles. The molecule has 1 aromatic carbocycles. The van der Waals surface area contributed by atoms with Gasteiger partial charge in [0, 0.05) is 22.8 Å². The van der Waals surface area contributed by atoms with E-state index in [4.69, 9.17) is 23.2 Å². The molecule has 1 unspecified atom stereocenters. The number of aromatic nitrogens is 2. The normalized spacial score (nSPS) is 12.0. The Hall–Kier alpha value is -1.69. The van der Waals surface area contributed by atoms with Crippen molar-refractivity contribution in [3.05, 3.63) is 57.6 Å². The van der Waals surface area contributed by atoms with E-state index in [1.807, 2.05) is 0 Å². The van der Waals surface area contributed by atoms with Crippen LogP contribution >= 0.6 is 23.2 Å². The van der Waals surface area contributed by atoms with Crippen LogP contribution in [0.3, 0.4) is 0 Å². The largest absolute Gasteiger partial charge is 0.387 e. The quantitative estimate of drug-likeness (QED) is 0.905. The summed E-state index contributed by atoms with van der Waals surface area (Å²) in [5.74, 6) is -0.408. The number of nitrogens with one attached hydrogen (secondary N) is 1. The summed E-state index contributed by atoms with van der Waals surface area (Å²) in [5.41, 5.74) is 1.44. The van der Waals surface area contributed by atoms with E-state index in [0.29, 0.717) is 15.6 Å². The molecule has 0 saturated carbocycles. The zero-order valence-electron chi connectivity index (χ0n) is 11.2. The van der Waals surface area contributed by atoms with E-state index >= 15 is 0 Å². The number of rotatable bonds is 4. The first-order chi connectivity index (χ1) is 9.95. The van der Waals surface area contributed by atoms with Crippen molar-refractivity contribution in [3.8, 4) is 0 Å². The smallest absolute Gasteiger partial charge is 0.271 e. The molecule has 0 aliphatic carbocycles. The molecular formula is C14H13Cl2N3O2. The molecule has 21 heavy (non-hydrogen) atoms. The molecule has 2 N–H and O–H groups in total. The van der Waals surface area contributed by atoms with Crippen LogP contribution < -0.4 is 5.32 Å². The van der Waals surface area contributed by atoms with Crippen LogP contribution in [0.25, 0.3) is 0 Å². The van der Waals surface area contributed by atoms with E-state index < -0.39 is 12.0 Å². The van der Waals surface area contributed by atoms with Gasteiger partial charge in [0.1, 0.15) is 5.69 Å². The predicted octanol–water partition coefficient (Wildman–Crippen LogP) is 2.56. The van der Waals surface area contributed by atoms with Crippen molar-refractivity contribution in [2.75, 3.05) is 6.54 Å². The molecule has 2 rings (SSSR count). The molecule has 1 amide bonds. The van der Waals surface area contributed by atoms with Gasteiger partial charge < -0.3 is 10.4 Å². The third kappa shape index (κ3) is 4.39. The molecule has 110 valence electrons. The van der Waals surface area contributed by atoms with Gasteiger partial charge in [0.15, 0.2) is 0 Å². The average molecular weight is 326 g/mol. The van der Waals surface area contributed by atoms with Gasteiger partial charge in [-0.3, -0.25) is 9.78 Å². The summed E-state index contributed by atoms with van der Waals surface area (Å²) in [5, 5.41) is 13.5. The number of carbonyl (C=O) groups excluding carboxylic acids is 1. The van der Waals surface area contributed by atoms with Crippen molar-refractivity contribution >= 4 is 29.1 Å². The number of hydrogen-bond acceptors (Lipinski definition) is 4. The van der Waals surface area contributed by atoms with Gasteiger partial charge in [0.05, 0.1) is 18.0 Å². The van der Waals surface area contributed by atoms with Crippen LogP contribution in [0.15, 0.2) is 30.6 Å². The summed E-state index contributed by atoms with van der Waals surface area (Å²) >= 11 is 11.7. The topological polar surface area (TPSA) is 75.1 Å². The highest BCUT2D eigenvalue weighted by Gasteiger charge is 2.13. The van der Waals surface area contributed by atoms with Crippen LogP contribution in [0, 0.1) is 6.92 Å². The molecule has 1 atom stereocenters. The Kier molecular flexibility index (Phi) is 5.12. The SMILES string of the molecule is Cc1cnc(C(=O)NCC(O)c2cc(Cl)cc(Cl)c2)cn1. The first kappa shape index (κ1) is 15.7. The van der Waals surface area contributed by atoms with Gasteiger partial charge >= 0.3 is 0 Å². The van der Waals surface area contributed by atoms with E-state index in [9.17, 15) is 9.90 Å². The fourth-order valence-electron chi connectivity index (χ4n) is 1.68. The summed E-state index contributed by atoms with van der Waals surface area (Å²) in [7, 11) is 0. The van der Waals surface area contributed by atoms with Gasteiger partial charge in [-0.2, -0.15) is 0 Å². The fourth-order valence-corrected chi connectivity index (χ4v) is 2.22. The lowest BCUT2D eigenvalue weighted by Gasteiger charge is -2.13. The van der Waals surface area contributed by atoms with Gasteiger partial charge in [-0.15, -0.1) is 0 Å². The Balaban J connectivity index is 1.98. The first-order valence-electron chi connectivity index (χ1n) is 6.16. The number of halogens is 2. The van der Waals surface area contributed by atoms with Gasteiger partial charge in [0.2, 0.25) is 0 Å². The highest BCUT2D eigenvalue weighted by Crippen LogP contribution is 2.23. The van der Waals surface area contributed by atoms with Crippen molar-refractivity contribution in [3.63, 3.8) is 0 Å². The second kappa shape index (κ2) is 6.85. The second-order valence-electron chi connectivity index (χ2n) is 4.47. The van der Waals surface area contributed by atoms with E-state index in [-0.39, 0.29) is 12.2 Å². The first-order valence-corrected chi connectivity index (χ1v) is 6.92. The van der Waals surface area contributed by atoms with Crippen molar-refractivity contribution in [2.45, 2.75) is 13.0 Å². The second-order valence-corrected chi connectivity index (χ2v) is 5.34. The molecule has 0 aliphatic heterocycles. The van der Waals surface area contributed by atoms with E-state index in [0.717, 1.165) is 5.69 Å². The summed E-state index contributed by atoms with van der Waals surface area (Å²) in [6.07, 6.45) is 1.97. The number of aliphatic hydroxyl groups excluding tert-OH is 1. The monoisotopic (exact) mass is 325 g/mol. The van der Waals surface area contributed by atoms with E-state index in [1.54, 1.807) is 25.1 Å². The van der Waals surface area contributed by atoms with Crippen LogP contribution in [-0.2, 0) is 0 Å². The summed E-state index contributed by atoms with van der Waals surface area (Å²) in [6, 6.07) is 4.76. The lowest BCUT2D eigenvalue weighted by Crippen LogP contribution is -2.29. The molecule has 0 aliphatic rings. The number of nitrogens with zero attached hydrogens (tertiary/aromatic N) is 2. The summed E-state index contributed by atoms with van der Waals surface area (Å²) in [4.78, 5) is 19.8. The molecule has 1 aromatic heterocycles. The van der Waals surface area contributed by atoms with Crippen LogP contribution in [0.4, 0.5) is 0 Å². The summed E-state index contributed by atoms with van der Waals surface area (Å²) < 4.78 is 0. The minimum atomic E-state index is -0.913. The number of benzene rings is 1. The number of aryl methyl sites for hydroxylation is 1. The third-order valence-corrected chi connectivity index (χ3v) is 3.18. The Morgan fingerprint density at radius 1 is 1.24 bits per heavy atom. The van der Waals surface area contributed by atoms with Crippen LogP contribution in [0.5, 0.6) is 0 Å². The molecule has 7 heteroatoms. The van der Waals surface area contributed by atoms with Crippen LogP contribution in [0.1, 0.15) is 27.8 Å². The molecular weight excluding hydrogens is 313 g/mol. The maximum absolute atomic E-state index is 11.8. The Morgan fingerprint density at radius 3 is 2.48 bits per heavy atom. The predicted molar refractivity (Wildman–Crippen MR) is 80.5 cm³/mol. The Morgan fingerprint density at radius 2 is 1.90 bits per heavy atom. The molecule has 5 nitrogen and oxygen atoms in total. The van der Waals surface area contributed by atoms with Gasteiger partial charge in [-0.05, 0) is 30.7 Å². The fraction of sp³-hybridized carbons (Fsp3) is 0.214. The molecule has 1 heterocycles. The number of amides is 1. The standard InChI is InChI=1S/C14H13Cl2N3O2/c1-8-5-18-12(6-17-8)14(21)19-7-13(20)9-2-10(15)4-11(16)3-9/h2-6,13,20H,7H2,1H3,(H,19,21). The van der Waals surface area contributed by atoms with E-state index in [2.05, 4.69) is 15.3 Å². The third-order valence-electron chi connectivity index (χ3n) is 2.74. The molecule has 0 radical (unpaired) electrons. The van der Waals surface area contributed by atoms with Crippen LogP contribution in [-0.4, -0.2) is 27.5 Å². The highest BCUT2D eigenvalue weighted by molar-refractivity contribution is 6.34. The minimum absolute atomic E-state index is 0.0189. The van der Waals surface area contributed by atoms with Crippen molar-refractivity contribution < 1.29 is 9.90 Å². The molecule has 2 aromatic rings. The lowest BCUT2D eigenvalue weighted by atomic mass is 10.1. The Bertz CT molecular complexity index is 627. The maximum Gasteiger partial charge on any atom is 0.271 e. The zero-order valence-corrected chi connectivity index (χ0v) is 12.7. The van der Waals surface area contributed by atoms with Gasteiger partial charge in [-0.25, -0.2) is 4.98 Å². The zero-order chi connectivity index (χ0) is 15.4. The van der Waals surface area contributed by atoms with Crippen molar-refractivity contribution in [1.82, 2.24) is 15.3 Å². The lowest BCUT2D eigenvalue weighted by molar-refractivity contribution is 0.0911. The minimum Gasteiger partial charge on any atom is -0.387 e. The molecule has 0 bridgehead atoms. The van der Waals surface area contributed by atoms with E-state index in [1.165, 1.54) is 12.4 Å². The number of aliphatic hydroxyl groups is 1. The summed E-state index contributed by atoms with van der Waals surface area (Å²) in [6.45, 7) is 1.80. The molecule has 0 fully saturated rings.